The molecule has 4 aliphatic heterocycles. The Hall–Kier alpha value is -3.70. The molecule has 71 heavy (non-hydrogen) atoms. The van der Waals surface area contributed by atoms with Crippen LogP contribution in [0.25, 0.3) is 0 Å². The number of methoxy groups -OCH3 is 1. The lowest BCUT2D eigenvalue weighted by Crippen LogP contribution is -2.61. The van der Waals surface area contributed by atoms with Crippen LogP contribution in [0.4, 0.5) is 9.59 Å². The number of fused-ring (bicyclic) bond motifs is 1. The molecular formula is C50H79ClN6O14. The predicted molar refractivity (Wildman–Crippen MR) is 259 cm³/mol. The van der Waals surface area contributed by atoms with Gasteiger partial charge in [0.2, 0.25) is 0 Å². The summed E-state index contributed by atoms with van der Waals surface area (Å²) in [6.07, 6.45) is -8.05. The molecule has 0 saturated carbocycles. The molecule has 20 nitrogen and oxygen atoms in total. The van der Waals surface area contributed by atoms with E-state index in [9.17, 15) is 24.6 Å². The number of likely N-dealkylation sites (N-methyl/N-ethyl adjacent to an activating group) is 2. The highest BCUT2D eigenvalue weighted by Crippen LogP contribution is 2.42. The maximum atomic E-state index is 14.8. The van der Waals surface area contributed by atoms with Gasteiger partial charge in [0.1, 0.15) is 23.5 Å². The number of ether oxygens (including phenoxy) is 9. The Morgan fingerprint density at radius 3 is 2.34 bits per heavy atom. The standard InChI is InChI=1S/C50H79ClN6O14/c1-15-37-50(10)42(70-47(61)71-50)31(6)56(13)24-27(2)21-48(8,62)41(68-45-39(58)36(55(11)12)20-28(3)64-45)29(4)40(30(5)44(59)66-37)67-38-22-49(9,63-14)43(32(7)65-38)69-46(60)52-23-35-26-57(54-53-35)25-33-16-18-34(51)19-17-33/h16-19,26-32,36-43,45,58,62H,15,20-25H2,1-14H3,(H,52,60)/t27-,28-,29+,30-,31-,32+,36+,37-,38+,39-,40+,41-,42-,43+,45+,48-,49-,50-/m1/s1. The second-order valence-electron chi connectivity index (χ2n) is 21.3. The summed E-state index contributed by atoms with van der Waals surface area (Å²) in [4.78, 5) is 45.0. The van der Waals surface area contributed by atoms with Crippen LogP contribution in [0.1, 0.15) is 106 Å². The molecule has 1 amide bonds. The number of rotatable bonds is 12. The molecule has 0 aliphatic carbocycles. The molecule has 21 heteroatoms. The molecule has 5 heterocycles. The van der Waals surface area contributed by atoms with Crippen molar-refractivity contribution in [3.8, 4) is 0 Å². The molecule has 400 valence electrons. The quantitative estimate of drug-likeness (QED) is 0.181. The van der Waals surface area contributed by atoms with Gasteiger partial charge in [-0.15, -0.1) is 5.10 Å². The van der Waals surface area contributed by atoms with E-state index in [0.717, 1.165) is 5.56 Å². The van der Waals surface area contributed by atoms with Crippen LogP contribution >= 0.6 is 11.6 Å². The molecule has 4 fully saturated rings. The summed E-state index contributed by atoms with van der Waals surface area (Å²) < 4.78 is 58.4. The van der Waals surface area contributed by atoms with Gasteiger partial charge in [0.25, 0.3) is 0 Å². The Morgan fingerprint density at radius 1 is 1.00 bits per heavy atom. The smallest absolute Gasteiger partial charge is 0.458 e. The third-order valence-electron chi connectivity index (χ3n) is 15.1. The maximum Gasteiger partial charge on any atom is 0.509 e. The van der Waals surface area contributed by atoms with Crippen molar-refractivity contribution in [3.63, 3.8) is 0 Å². The average molecular weight is 1020 g/mol. The Morgan fingerprint density at radius 2 is 1.69 bits per heavy atom. The number of halogens is 1. The van der Waals surface area contributed by atoms with Crippen LogP contribution in [0, 0.1) is 17.8 Å². The molecular weight excluding hydrogens is 944 g/mol. The Bertz CT molecular complexity index is 2100. The van der Waals surface area contributed by atoms with Gasteiger partial charge in [-0.2, -0.15) is 0 Å². The van der Waals surface area contributed by atoms with Crippen molar-refractivity contribution in [3.05, 3.63) is 46.7 Å². The Labute approximate surface area is 423 Å². The zero-order chi connectivity index (χ0) is 52.3. The fraction of sp³-hybridized carbons (Fsp3) is 0.780. The summed E-state index contributed by atoms with van der Waals surface area (Å²) in [5.74, 6) is -2.72. The van der Waals surface area contributed by atoms with Gasteiger partial charge in [0.15, 0.2) is 30.4 Å². The van der Waals surface area contributed by atoms with Gasteiger partial charge in [-0.1, -0.05) is 49.7 Å². The fourth-order valence-electron chi connectivity index (χ4n) is 11.1. The van der Waals surface area contributed by atoms with Crippen molar-refractivity contribution >= 4 is 29.8 Å². The first-order valence-electron chi connectivity index (χ1n) is 24.9. The number of hydrogen-bond acceptors (Lipinski definition) is 18. The number of aliphatic hydroxyl groups is 2. The van der Waals surface area contributed by atoms with Gasteiger partial charge in [-0.05, 0) is 112 Å². The summed E-state index contributed by atoms with van der Waals surface area (Å²) in [5.41, 5.74) is -2.65. The molecule has 0 spiro atoms. The van der Waals surface area contributed by atoms with Crippen LogP contribution in [0.3, 0.4) is 0 Å². The minimum atomic E-state index is -1.62. The van der Waals surface area contributed by atoms with Crippen molar-refractivity contribution in [1.82, 2.24) is 30.1 Å². The Balaban J connectivity index is 1.28. The minimum absolute atomic E-state index is 0.0378. The highest BCUT2D eigenvalue weighted by Gasteiger charge is 2.58. The van der Waals surface area contributed by atoms with Crippen LogP contribution < -0.4 is 5.32 Å². The number of nitrogens with one attached hydrogen (secondary N) is 1. The van der Waals surface area contributed by atoms with E-state index in [4.69, 9.17) is 54.2 Å². The van der Waals surface area contributed by atoms with E-state index < -0.39 is 102 Å². The van der Waals surface area contributed by atoms with Crippen molar-refractivity contribution in [2.24, 2.45) is 17.8 Å². The minimum Gasteiger partial charge on any atom is -0.458 e. The number of aromatic nitrogens is 3. The number of carbonyl (C=O) groups is 3. The first-order chi connectivity index (χ1) is 33.3. The van der Waals surface area contributed by atoms with E-state index in [1.165, 1.54) is 7.11 Å². The second kappa shape index (κ2) is 23.2. The molecule has 4 aliphatic rings. The first kappa shape index (κ1) is 56.6. The molecule has 4 saturated heterocycles. The van der Waals surface area contributed by atoms with E-state index in [-0.39, 0.29) is 49.9 Å². The van der Waals surface area contributed by atoms with Gasteiger partial charge in [-0.3, -0.25) is 9.69 Å². The monoisotopic (exact) mass is 1020 g/mol. The zero-order valence-corrected chi connectivity index (χ0v) is 44.7. The number of nitrogens with zero attached hydrogens (tertiary/aromatic N) is 5. The lowest BCUT2D eigenvalue weighted by atomic mass is 9.77. The summed E-state index contributed by atoms with van der Waals surface area (Å²) in [6.45, 7) is 19.1. The van der Waals surface area contributed by atoms with Gasteiger partial charge >= 0.3 is 18.2 Å². The molecule has 6 rings (SSSR count). The number of esters is 1. The summed E-state index contributed by atoms with van der Waals surface area (Å²) in [6, 6.07) is 6.69. The van der Waals surface area contributed by atoms with Crippen molar-refractivity contribution in [1.29, 1.82) is 0 Å². The van der Waals surface area contributed by atoms with Crippen molar-refractivity contribution < 1.29 is 67.2 Å². The van der Waals surface area contributed by atoms with E-state index in [1.54, 1.807) is 57.6 Å². The second-order valence-corrected chi connectivity index (χ2v) is 21.8. The van der Waals surface area contributed by atoms with E-state index in [2.05, 4.69) is 15.6 Å². The Kier molecular flexibility index (Phi) is 18.5. The number of carbonyl (C=O) groups excluding carboxylic acids is 3. The summed E-state index contributed by atoms with van der Waals surface area (Å²) in [7, 11) is 7.18. The van der Waals surface area contributed by atoms with Crippen LogP contribution in [-0.4, -0.2) is 178 Å². The lowest BCUT2D eigenvalue weighted by Gasteiger charge is -2.49. The number of alkyl carbamates (subject to hydrolysis) is 1. The topological polar surface area (TPSA) is 224 Å². The molecule has 18 atom stereocenters. The van der Waals surface area contributed by atoms with Crippen LogP contribution in [0.15, 0.2) is 30.5 Å². The predicted octanol–water partition coefficient (Wildman–Crippen LogP) is 5.31. The average Bonchev–Trinajstić information content (AvgIpc) is 3.89. The third kappa shape index (κ3) is 13.2. The molecule has 2 aromatic rings. The molecule has 3 N–H and O–H groups in total. The molecule has 0 unspecified atom stereocenters. The van der Waals surface area contributed by atoms with Gasteiger partial charge < -0.3 is 63.1 Å². The van der Waals surface area contributed by atoms with E-state index in [0.29, 0.717) is 30.2 Å². The zero-order valence-electron chi connectivity index (χ0n) is 43.9. The molecule has 1 aromatic carbocycles. The highest BCUT2D eigenvalue weighted by molar-refractivity contribution is 6.30. The summed E-state index contributed by atoms with van der Waals surface area (Å²) >= 11 is 6.03. The molecule has 1 aromatic heterocycles. The maximum absolute atomic E-state index is 14.8. The highest BCUT2D eigenvalue weighted by atomic mass is 35.5. The van der Waals surface area contributed by atoms with Crippen molar-refractivity contribution in [2.75, 3.05) is 34.8 Å². The van der Waals surface area contributed by atoms with Crippen LogP contribution in [0.2, 0.25) is 5.02 Å². The normalized spacial score (nSPS) is 39.9. The number of benzene rings is 1. The van der Waals surface area contributed by atoms with Gasteiger partial charge in [-0.25, -0.2) is 14.3 Å². The first-order valence-corrected chi connectivity index (χ1v) is 25.3. The molecule has 0 bridgehead atoms. The van der Waals surface area contributed by atoms with Crippen LogP contribution in [0.5, 0.6) is 0 Å². The third-order valence-corrected chi connectivity index (χ3v) is 15.4. The number of hydrogen-bond donors (Lipinski definition) is 3. The SMILES string of the molecule is CC[C@H]1OC(=O)[C@H](C)[C@@H](O[C@H]2C[C@@](C)(OC)[C@@H](OC(=O)NCc3cn(Cc4ccc(Cl)cc4)nn3)[C@H](C)O2)[C@H](C)[C@@H](O[C@@H]2O[C@H](C)C[C@H](N(C)C)[C@H]2O)[C@](C)(O)C[C@@H](C)CN(C)[C@H](C)[C@H]2OC(=O)O[C@@]21C. The lowest BCUT2D eigenvalue weighted by molar-refractivity contribution is -0.317. The summed E-state index contributed by atoms with van der Waals surface area (Å²) in [5, 5.41) is 36.3. The fourth-order valence-corrected chi connectivity index (χ4v) is 11.3. The van der Waals surface area contributed by atoms with E-state index >= 15 is 0 Å². The largest absolute Gasteiger partial charge is 0.509 e. The van der Waals surface area contributed by atoms with Crippen LogP contribution in [-0.2, 0) is 60.5 Å². The van der Waals surface area contributed by atoms with E-state index in [1.807, 2.05) is 77.7 Å². The molecule has 0 radical (unpaired) electrons. The number of aliphatic hydroxyl groups excluding tert-OH is 1. The number of cyclic esters (lactones) is 1. The van der Waals surface area contributed by atoms with Gasteiger partial charge in [0, 0.05) is 43.1 Å². The number of amides is 1. The van der Waals surface area contributed by atoms with Gasteiger partial charge in [0.05, 0.1) is 55.2 Å². The van der Waals surface area contributed by atoms with Crippen molar-refractivity contribution in [2.45, 2.75) is 198 Å².